The van der Waals surface area contributed by atoms with Gasteiger partial charge in [0.1, 0.15) is 0 Å². The summed E-state index contributed by atoms with van der Waals surface area (Å²) in [5, 5.41) is 3.67. The molecule has 1 aliphatic rings. The van der Waals surface area contributed by atoms with E-state index in [1.54, 1.807) is 0 Å². The van der Waals surface area contributed by atoms with Crippen molar-refractivity contribution in [3.63, 3.8) is 0 Å². The van der Waals surface area contributed by atoms with Gasteiger partial charge in [0.15, 0.2) is 0 Å². The van der Waals surface area contributed by atoms with Crippen molar-refractivity contribution in [3.05, 3.63) is 29.8 Å². The van der Waals surface area contributed by atoms with E-state index in [-0.39, 0.29) is 11.9 Å². The number of nitrogens with one attached hydrogen (secondary N) is 1. The second kappa shape index (κ2) is 7.14. The third-order valence-electron chi connectivity index (χ3n) is 3.60. The molecule has 0 atom stereocenters. The summed E-state index contributed by atoms with van der Waals surface area (Å²) >= 11 is 1.81. The first-order valence-electron chi connectivity index (χ1n) is 7.38. The van der Waals surface area contributed by atoms with Crippen molar-refractivity contribution in [1.82, 2.24) is 5.32 Å². The summed E-state index contributed by atoms with van der Waals surface area (Å²) in [4.78, 5) is 13.4. The zero-order chi connectivity index (χ0) is 14.5. The number of rotatable bonds is 4. The predicted octanol–water partition coefficient (Wildman–Crippen LogP) is 3.19. The lowest BCUT2D eigenvalue weighted by Crippen LogP contribution is -2.40. The molecule has 0 radical (unpaired) electrons. The van der Waals surface area contributed by atoms with E-state index < -0.39 is 0 Å². The molecule has 4 heteroatoms. The fourth-order valence-corrected chi connectivity index (χ4v) is 3.33. The smallest absolute Gasteiger partial charge is 0.251 e. The third-order valence-corrected chi connectivity index (χ3v) is 4.61. The van der Waals surface area contributed by atoms with Crippen LogP contribution in [-0.2, 0) is 0 Å². The minimum absolute atomic E-state index is 0.0339. The Bertz CT molecular complexity index is 436. The van der Waals surface area contributed by atoms with Crippen molar-refractivity contribution < 1.29 is 4.79 Å². The molecule has 1 aromatic rings. The van der Waals surface area contributed by atoms with Crippen molar-refractivity contribution in [3.8, 4) is 0 Å². The maximum atomic E-state index is 12.2. The molecule has 0 bridgehead atoms. The van der Waals surface area contributed by atoms with Gasteiger partial charge in [0.25, 0.3) is 5.91 Å². The quantitative estimate of drug-likeness (QED) is 0.838. The van der Waals surface area contributed by atoms with E-state index in [4.69, 9.17) is 5.73 Å². The number of hydrogen-bond donors (Lipinski definition) is 2. The molecule has 0 unspecified atom stereocenters. The highest BCUT2D eigenvalue weighted by atomic mass is 32.2. The first-order chi connectivity index (χ1) is 9.54. The van der Waals surface area contributed by atoms with Gasteiger partial charge in [-0.3, -0.25) is 4.79 Å². The van der Waals surface area contributed by atoms with Crippen molar-refractivity contribution in [2.75, 3.05) is 0 Å². The van der Waals surface area contributed by atoms with Gasteiger partial charge >= 0.3 is 0 Å². The number of nitrogens with two attached hydrogens (primary N) is 1. The molecule has 1 saturated carbocycles. The van der Waals surface area contributed by atoms with Gasteiger partial charge < -0.3 is 11.1 Å². The molecule has 20 heavy (non-hydrogen) atoms. The van der Waals surface area contributed by atoms with Crippen LogP contribution in [0.4, 0.5) is 0 Å². The van der Waals surface area contributed by atoms with Gasteiger partial charge in [-0.15, -0.1) is 11.8 Å². The fraction of sp³-hybridized carbons (Fsp3) is 0.562. The average Bonchev–Trinajstić information content (AvgIpc) is 2.41. The summed E-state index contributed by atoms with van der Waals surface area (Å²) in [7, 11) is 0. The van der Waals surface area contributed by atoms with E-state index in [0.717, 1.165) is 31.2 Å². The molecule has 0 saturated heterocycles. The van der Waals surface area contributed by atoms with Crippen molar-refractivity contribution in [2.45, 2.75) is 61.8 Å². The van der Waals surface area contributed by atoms with Gasteiger partial charge in [0, 0.05) is 27.8 Å². The average molecular weight is 292 g/mol. The minimum Gasteiger partial charge on any atom is -0.349 e. The lowest BCUT2D eigenvalue weighted by Gasteiger charge is -2.26. The molecule has 2 rings (SSSR count). The molecule has 0 spiro atoms. The normalized spacial score (nSPS) is 22.8. The summed E-state index contributed by atoms with van der Waals surface area (Å²) in [6.07, 6.45) is 4.01. The Balaban J connectivity index is 1.89. The van der Waals surface area contributed by atoms with Gasteiger partial charge in [-0.05, 0) is 49.9 Å². The number of carbonyl (C=O) groups excluding carboxylic acids is 1. The van der Waals surface area contributed by atoms with E-state index in [9.17, 15) is 4.79 Å². The van der Waals surface area contributed by atoms with Crippen LogP contribution in [0.1, 0.15) is 49.9 Å². The number of carbonyl (C=O) groups is 1. The second-order valence-corrected chi connectivity index (χ2v) is 7.43. The summed E-state index contributed by atoms with van der Waals surface area (Å²) in [6.45, 7) is 4.33. The lowest BCUT2D eigenvalue weighted by molar-refractivity contribution is 0.0926. The molecule has 3 N–H and O–H groups in total. The van der Waals surface area contributed by atoms with Crippen LogP contribution in [0.25, 0.3) is 0 Å². The molecule has 1 aromatic carbocycles. The molecule has 1 amide bonds. The highest BCUT2D eigenvalue weighted by Gasteiger charge is 2.20. The van der Waals surface area contributed by atoms with Crippen LogP contribution in [0.2, 0.25) is 0 Å². The second-order valence-electron chi connectivity index (χ2n) is 5.78. The third kappa shape index (κ3) is 4.53. The van der Waals surface area contributed by atoms with Crippen molar-refractivity contribution in [1.29, 1.82) is 0 Å². The zero-order valence-corrected chi connectivity index (χ0v) is 13.1. The summed E-state index contributed by atoms with van der Waals surface area (Å²) in [5.74, 6) is 0.0339. The number of benzene rings is 1. The largest absolute Gasteiger partial charge is 0.349 e. The highest BCUT2D eigenvalue weighted by molar-refractivity contribution is 7.99. The topological polar surface area (TPSA) is 55.1 Å². The van der Waals surface area contributed by atoms with Gasteiger partial charge in [0.05, 0.1) is 0 Å². The van der Waals surface area contributed by atoms with Crippen LogP contribution in [0.5, 0.6) is 0 Å². The van der Waals surface area contributed by atoms with Crippen molar-refractivity contribution >= 4 is 17.7 Å². The zero-order valence-electron chi connectivity index (χ0n) is 12.3. The van der Waals surface area contributed by atoms with Crippen LogP contribution in [0.3, 0.4) is 0 Å². The van der Waals surface area contributed by atoms with Crippen LogP contribution in [0, 0.1) is 0 Å². The predicted molar refractivity (Wildman–Crippen MR) is 85.1 cm³/mol. The molecule has 0 aromatic heterocycles. The van der Waals surface area contributed by atoms with Crippen LogP contribution >= 0.6 is 11.8 Å². The van der Waals surface area contributed by atoms with E-state index in [2.05, 4.69) is 19.2 Å². The standard InChI is InChI=1S/C16H24N2OS/c1-11(2)20-15-9-3-12(4-10-15)16(19)18-14-7-5-13(17)6-8-14/h3-4,9-11,13-14H,5-8,17H2,1-2H3,(H,18,19). The molecule has 1 fully saturated rings. The molecule has 110 valence electrons. The summed E-state index contributed by atoms with van der Waals surface area (Å²) in [5.41, 5.74) is 6.62. The first-order valence-corrected chi connectivity index (χ1v) is 8.25. The van der Waals surface area contributed by atoms with Gasteiger partial charge in [-0.1, -0.05) is 13.8 Å². The molecule has 3 nitrogen and oxygen atoms in total. The highest BCUT2D eigenvalue weighted by Crippen LogP contribution is 2.23. The molecule has 0 aliphatic heterocycles. The number of thioether (sulfide) groups is 1. The lowest BCUT2D eigenvalue weighted by atomic mass is 9.91. The molecule has 1 aliphatic carbocycles. The van der Waals surface area contributed by atoms with Gasteiger partial charge in [0.2, 0.25) is 0 Å². The van der Waals surface area contributed by atoms with E-state index in [1.807, 2.05) is 36.0 Å². The molecular weight excluding hydrogens is 268 g/mol. The van der Waals surface area contributed by atoms with Crippen molar-refractivity contribution in [2.24, 2.45) is 5.73 Å². The van der Waals surface area contributed by atoms with Gasteiger partial charge in [-0.2, -0.15) is 0 Å². The Morgan fingerprint density at radius 1 is 1.20 bits per heavy atom. The maximum absolute atomic E-state index is 12.2. The minimum atomic E-state index is 0.0339. The van der Waals surface area contributed by atoms with Crippen LogP contribution < -0.4 is 11.1 Å². The number of amides is 1. The monoisotopic (exact) mass is 292 g/mol. The summed E-state index contributed by atoms with van der Waals surface area (Å²) < 4.78 is 0. The SMILES string of the molecule is CC(C)Sc1ccc(C(=O)NC2CCC(N)CC2)cc1. The maximum Gasteiger partial charge on any atom is 0.251 e. The Labute approximate surface area is 125 Å². The Kier molecular flexibility index (Phi) is 5.49. The molecule has 0 heterocycles. The fourth-order valence-electron chi connectivity index (χ4n) is 2.49. The Morgan fingerprint density at radius 3 is 2.35 bits per heavy atom. The Hall–Kier alpha value is -1.00. The van der Waals surface area contributed by atoms with E-state index in [1.165, 1.54) is 4.90 Å². The number of hydrogen-bond acceptors (Lipinski definition) is 3. The van der Waals surface area contributed by atoms with Crippen LogP contribution in [-0.4, -0.2) is 23.2 Å². The Morgan fingerprint density at radius 2 is 1.80 bits per heavy atom. The van der Waals surface area contributed by atoms with Crippen LogP contribution in [0.15, 0.2) is 29.2 Å². The molecular formula is C16H24N2OS. The first kappa shape index (κ1) is 15.4. The van der Waals surface area contributed by atoms with Gasteiger partial charge in [-0.25, -0.2) is 0 Å². The summed E-state index contributed by atoms with van der Waals surface area (Å²) in [6, 6.07) is 8.47. The van der Waals surface area contributed by atoms with E-state index in [0.29, 0.717) is 11.3 Å². The van der Waals surface area contributed by atoms with E-state index >= 15 is 0 Å².